The van der Waals surface area contributed by atoms with Crippen molar-refractivity contribution in [3.63, 3.8) is 0 Å². The molecule has 110 valence electrons. The molecule has 3 nitrogen and oxygen atoms in total. The summed E-state index contributed by atoms with van der Waals surface area (Å²) >= 11 is 0. The van der Waals surface area contributed by atoms with E-state index in [1.54, 1.807) is 0 Å². The van der Waals surface area contributed by atoms with Gasteiger partial charge in [-0.1, -0.05) is 44.4 Å². The fraction of sp³-hybridized carbons (Fsp3) is 0.647. The molecule has 0 bridgehead atoms. The minimum absolute atomic E-state index is 0.168. The van der Waals surface area contributed by atoms with Crippen molar-refractivity contribution in [2.24, 2.45) is 11.1 Å². The average Bonchev–Trinajstić information content (AvgIpc) is 2.44. The standard InChI is InChI=1S/C17H25NO2/c1-16(11-19-12-16)13-20-15-8-4-3-7-14(15)17(18)9-5-2-6-10-17/h3-4,7-8H,2,5-6,9-13,18H2,1H3. The lowest BCUT2D eigenvalue weighted by atomic mass is 9.77. The third-order valence-corrected chi connectivity index (χ3v) is 4.65. The summed E-state index contributed by atoms with van der Waals surface area (Å²) in [4.78, 5) is 0. The molecule has 3 heteroatoms. The molecule has 1 saturated carbocycles. The molecule has 0 atom stereocenters. The van der Waals surface area contributed by atoms with Crippen molar-refractivity contribution in [3.8, 4) is 5.75 Å². The van der Waals surface area contributed by atoms with Gasteiger partial charge in [0.2, 0.25) is 0 Å². The second kappa shape index (κ2) is 5.38. The Balaban J connectivity index is 1.77. The molecule has 3 rings (SSSR count). The van der Waals surface area contributed by atoms with Gasteiger partial charge < -0.3 is 15.2 Å². The maximum Gasteiger partial charge on any atom is 0.124 e. The molecular formula is C17H25NO2. The second-order valence-electron chi connectivity index (χ2n) is 6.81. The fourth-order valence-corrected chi connectivity index (χ4v) is 3.24. The van der Waals surface area contributed by atoms with E-state index in [4.69, 9.17) is 15.2 Å². The van der Waals surface area contributed by atoms with Crippen molar-refractivity contribution in [1.82, 2.24) is 0 Å². The van der Waals surface area contributed by atoms with Crippen molar-refractivity contribution in [2.75, 3.05) is 19.8 Å². The zero-order valence-corrected chi connectivity index (χ0v) is 12.4. The van der Waals surface area contributed by atoms with E-state index in [9.17, 15) is 0 Å². The topological polar surface area (TPSA) is 44.5 Å². The SMILES string of the molecule is CC1(COc2ccccc2C2(N)CCCCC2)COC1. The van der Waals surface area contributed by atoms with Crippen LogP contribution in [0.3, 0.4) is 0 Å². The van der Waals surface area contributed by atoms with Crippen molar-refractivity contribution >= 4 is 0 Å². The molecular weight excluding hydrogens is 250 g/mol. The van der Waals surface area contributed by atoms with Gasteiger partial charge in [0.15, 0.2) is 0 Å². The van der Waals surface area contributed by atoms with Crippen LogP contribution >= 0.6 is 0 Å². The van der Waals surface area contributed by atoms with E-state index in [0.29, 0.717) is 6.61 Å². The smallest absolute Gasteiger partial charge is 0.124 e. The van der Waals surface area contributed by atoms with Gasteiger partial charge in [-0.25, -0.2) is 0 Å². The molecule has 0 amide bonds. The van der Waals surface area contributed by atoms with Crippen LogP contribution in [0.15, 0.2) is 24.3 Å². The van der Waals surface area contributed by atoms with E-state index < -0.39 is 0 Å². The molecule has 1 aromatic rings. The Labute approximate surface area is 121 Å². The fourth-order valence-electron chi connectivity index (χ4n) is 3.24. The molecule has 1 heterocycles. The van der Waals surface area contributed by atoms with Crippen molar-refractivity contribution < 1.29 is 9.47 Å². The molecule has 0 aromatic heterocycles. The first-order valence-corrected chi connectivity index (χ1v) is 7.70. The minimum Gasteiger partial charge on any atom is -0.492 e. The van der Waals surface area contributed by atoms with Gasteiger partial charge in [0.05, 0.1) is 19.8 Å². The Hall–Kier alpha value is -1.06. The predicted octanol–water partition coefficient (Wildman–Crippen LogP) is 3.22. The second-order valence-corrected chi connectivity index (χ2v) is 6.81. The van der Waals surface area contributed by atoms with Gasteiger partial charge in [-0.3, -0.25) is 0 Å². The minimum atomic E-state index is -0.203. The Morgan fingerprint density at radius 3 is 2.50 bits per heavy atom. The summed E-state index contributed by atoms with van der Waals surface area (Å²) in [5.41, 5.74) is 7.81. The maximum absolute atomic E-state index is 6.66. The summed E-state index contributed by atoms with van der Waals surface area (Å²) < 4.78 is 11.4. The molecule has 0 radical (unpaired) electrons. The predicted molar refractivity (Wildman–Crippen MR) is 79.8 cm³/mol. The average molecular weight is 275 g/mol. The number of benzene rings is 1. The Bertz CT molecular complexity index is 462. The van der Waals surface area contributed by atoms with Crippen LogP contribution < -0.4 is 10.5 Å². The first-order chi connectivity index (χ1) is 9.61. The molecule has 2 N–H and O–H groups in total. The lowest BCUT2D eigenvalue weighted by molar-refractivity contribution is -0.120. The normalized spacial score (nSPS) is 23.9. The van der Waals surface area contributed by atoms with E-state index in [0.717, 1.165) is 31.8 Å². The van der Waals surface area contributed by atoms with Gasteiger partial charge in [0, 0.05) is 16.5 Å². The van der Waals surface area contributed by atoms with Crippen LogP contribution in [0, 0.1) is 5.41 Å². The number of rotatable bonds is 4. The highest BCUT2D eigenvalue weighted by Gasteiger charge is 2.36. The van der Waals surface area contributed by atoms with E-state index in [1.165, 1.54) is 24.8 Å². The zero-order valence-electron chi connectivity index (χ0n) is 12.4. The first kappa shape index (κ1) is 13.9. The van der Waals surface area contributed by atoms with E-state index in [1.807, 2.05) is 6.07 Å². The van der Waals surface area contributed by atoms with Gasteiger partial charge in [-0.05, 0) is 18.9 Å². The van der Waals surface area contributed by atoms with E-state index in [-0.39, 0.29) is 11.0 Å². The highest BCUT2D eigenvalue weighted by Crippen LogP contribution is 2.39. The summed E-state index contributed by atoms with van der Waals surface area (Å²) in [6, 6.07) is 8.30. The van der Waals surface area contributed by atoms with Gasteiger partial charge in [0.1, 0.15) is 5.75 Å². The van der Waals surface area contributed by atoms with Crippen molar-refractivity contribution in [3.05, 3.63) is 29.8 Å². The molecule has 0 spiro atoms. The van der Waals surface area contributed by atoms with Gasteiger partial charge in [-0.2, -0.15) is 0 Å². The Morgan fingerprint density at radius 1 is 1.15 bits per heavy atom. The van der Waals surface area contributed by atoms with Crippen molar-refractivity contribution in [2.45, 2.75) is 44.6 Å². The first-order valence-electron chi connectivity index (χ1n) is 7.70. The highest BCUT2D eigenvalue weighted by atomic mass is 16.5. The summed E-state index contributed by atoms with van der Waals surface area (Å²) in [7, 11) is 0. The number of hydrogen-bond donors (Lipinski definition) is 1. The Morgan fingerprint density at radius 2 is 1.85 bits per heavy atom. The molecule has 1 aromatic carbocycles. The Kier molecular flexibility index (Phi) is 3.74. The molecule has 0 unspecified atom stereocenters. The van der Waals surface area contributed by atoms with Crippen LogP contribution in [0.1, 0.15) is 44.6 Å². The number of nitrogens with two attached hydrogens (primary N) is 1. The molecule has 2 fully saturated rings. The molecule has 1 aliphatic carbocycles. The molecule has 1 saturated heterocycles. The molecule has 2 aliphatic rings. The quantitative estimate of drug-likeness (QED) is 0.917. The maximum atomic E-state index is 6.66. The van der Waals surface area contributed by atoms with Crippen LogP contribution in [0.25, 0.3) is 0 Å². The van der Waals surface area contributed by atoms with Crippen LogP contribution in [0.4, 0.5) is 0 Å². The van der Waals surface area contributed by atoms with Crippen LogP contribution in [0.5, 0.6) is 5.75 Å². The lowest BCUT2D eigenvalue weighted by Crippen LogP contribution is -2.45. The highest BCUT2D eigenvalue weighted by molar-refractivity contribution is 5.39. The largest absolute Gasteiger partial charge is 0.492 e. The van der Waals surface area contributed by atoms with Crippen LogP contribution in [0.2, 0.25) is 0 Å². The summed E-state index contributed by atoms with van der Waals surface area (Å²) in [6.07, 6.45) is 5.87. The van der Waals surface area contributed by atoms with E-state index >= 15 is 0 Å². The van der Waals surface area contributed by atoms with Crippen molar-refractivity contribution in [1.29, 1.82) is 0 Å². The number of hydrogen-bond acceptors (Lipinski definition) is 3. The number of ether oxygens (including phenoxy) is 2. The van der Waals surface area contributed by atoms with Gasteiger partial charge >= 0.3 is 0 Å². The third kappa shape index (κ3) is 2.70. The lowest BCUT2D eigenvalue weighted by Gasteiger charge is -2.39. The van der Waals surface area contributed by atoms with E-state index in [2.05, 4.69) is 25.1 Å². The summed E-state index contributed by atoms with van der Waals surface area (Å²) in [5, 5.41) is 0. The summed E-state index contributed by atoms with van der Waals surface area (Å²) in [6.45, 7) is 4.50. The molecule has 20 heavy (non-hydrogen) atoms. The van der Waals surface area contributed by atoms with Crippen LogP contribution in [-0.4, -0.2) is 19.8 Å². The van der Waals surface area contributed by atoms with Gasteiger partial charge in [0.25, 0.3) is 0 Å². The molecule has 1 aliphatic heterocycles. The number of para-hydroxylation sites is 1. The zero-order chi connectivity index (χ0) is 14.1. The third-order valence-electron chi connectivity index (χ3n) is 4.65. The van der Waals surface area contributed by atoms with Crippen LogP contribution in [-0.2, 0) is 10.3 Å². The summed E-state index contributed by atoms with van der Waals surface area (Å²) in [5.74, 6) is 0.963. The monoisotopic (exact) mass is 275 g/mol. The van der Waals surface area contributed by atoms with Gasteiger partial charge in [-0.15, -0.1) is 0 Å².